The summed E-state index contributed by atoms with van der Waals surface area (Å²) in [7, 11) is 0. The van der Waals surface area contributed by atoms with Crippen LogP contribution in [-0.4, -0.2) is 4.98 Å². The van der Waals surface area contributed by atoms with Crippen LogP contribution in [0.4, 0.5) is 22.0 Å². The Labute approximate surface area is 124 Å². The van der Waals surface area contributed by atoms with E-state index in [4.69, 9.17) is 5.73 Å². The fourth-order valence-corrected chi connectivity index (χ4v) is 2.08. The molecule has 8 heteroatoms. The quantitative estimate of drug-likeness (QED) is 0.639. The van der Waals surface area contributed by atoms with E-state index < -0.39 is 35.0 Å². The van der Waals surface area contributed by atoms with Gasteiger partial charge >= 0.3 is 6.18 Å². The average Bonchev–Trinajstić information content (AvgIpc) is 2.42. The van der Waals surface area contributed by atoms with Gasteiger partial charge in [0.25, 0.3) is 0 Å². The van der Waals surface area contributed by atoms with Crippen LogP contribution < -0.4 is 5.73 Å². The molecule has 0 aliphatic heterocycles. The van der Waals surface area contributed by atoms with Gasteiger partial charge in [0.2, 0.25) is 0 Å². The minimum Gasteiger partial charge on any atom is -0.319 e. The van der Waals surface area contributed by atoms with Crippen LogP contribution in [0.25, 0.3) is 0 Å². The minimum absolute atomic E-state index is 0.00117. The van der Waals surface area contributed by atoms with E-state index in [0.29, 0.717) is 6.20 Å². The lowest BCUT2D eigenvalue weighted by Crippen LogP contribution is -2.18. The molecule has 0 amide bonds. The first-order valence-corrected chi connectivity index (χ1v) is 6.43. The van der Waals surface area contributed by atoms with E-state index in [1.54, 1.807) is 0 Å². The van der Waals surface area contributed by atoms with Gasteiger partial charge in [-0.1, -0.05) is 0 Å². The number of hydrogen-bond donors (Lipinski definition) is 1. The molecule has 2 aromatic rings. The maximum Gasteiger partial charge on any atom is 0.417 e. The van der Waals surface area contributed by atoms with Crippen LogP contribution in [0.15, 0.2) is 34.9 Å². The normalized spacial score (nSPS) is 13.3. The van der Waals surface area contributed by atoms with Crippen molar-refractivity contribution in [3.05, 3.63) is 63.4 Å². The van der Waals surface area contributed by atoms with Crippen LogP contribution >= 0.6 is 15.9 Å². The van der Waals surface area contributed by atoms with Crippen molar-refractivity contribution in [1.82, 2.24) is 4.98 Å². The first kappa shape index (κ1) is 15.8. The average molecular weight is 367 g/mol. The fraction of sp³-hybridized carbons (Fsp3) is 0.154. The van der Waals surface area contributed by atoms with Gasteiger partial charge < -0.3 is 5.73 Å². The molecule has 2 rings (SSSR count). The molecular formula is C13H8BrF5N2. The summed E-state index contributed by atoms with van der Waals surface area (Å²) < 4.78 is 64.9. The highest BCUT2D eigenvalue weighted by Crippen LogP contribution is 2.31. The molecule has 1 heterocycles. The van der Waals surface area contributed by atoms with E-state index in [2.05, 4.69) is 20.9 Å². The highest BCUT2D eigenvalue weighted by molar-refractivity contribution is 9.10. The molecule has 0 saturated carbocycles. The van der Waals surface area contributed by atoms with Gasteiger partial charge in [-0.3, -0.25) is 4.98 Å². The molecule has 0 bridgehead atoms. The van der Waals surface area contributed by atoms with Crippen LogP contribution in [0.5, 0.6) is 0 Å². The fourth-order valence-electron chi connectivity index (χ4n) is 1.73. The molecule has 2 nitrogen and oxygen atoms in total. The van der Waals surface area contributed by atoms with Crippen molar-refractivity contribution >= 4 is 15.9 Å². The maximum atomic E-state index is 13.9. The molecule has 2 N–H and O–H groups in total. The van der Waals surface area contributed by atoms with Crippen LogP contribution in [0, 0.1) is 11.6 Å². The Morgan fingerprint density at radius 1 is 1.10 bits per heavy atom. The summed E-state index contributed by atoms with van der Waals surface area (Å²) in [5, 5.41) is 0. The molecule has 0 aliphatic carbocycles. The van der Waals surface area contributed by atoms with Crippen molar-refractivity contribution in [2.45, 2.75) is 12.2 Å². The van der Waals surface area contributed by atoms with Crippen molar-refractivity contribution in [3.63, 3.8) is 0 Å². The predicted molar refractivity (Wildman–Crippen MR) is 69.3 cm³/mol. The number of pyridine rings is 1. The lowest BCUT2D eigenvalue weighted by atomic mass is 10.0. The summed E-state index contributed by atoms with van der Waals surface area (Å²) >= 11 is 2.89. The SMILES string of the molecule is NC(c1ccc(C(F)(F)F)cn1)c1c(F)ccc(Br)c1F. The molecular weight excluding hydrogens is 359 g/mol. The highest BCUT2D eigenvalue weighted by atomic mass is 79.9. The number of nitrogens with zero attached hydrogens (tertiary/aromatic N) is 1. The molecule has 0 saturated heterocycles. The largest absolute Gasteiger partial charge is 0.417 e. The molecule has 0 radical (unpaired) electrons. The molecule has 0 aliphatic rings. The standard InChI is InChI=1S/C13H8BrF5N2/c14-7-2-3-8(15)10(11(7)16)12(20)9-4-1-6(5-21-9)13(17,18)19/h1-5,12H,20H2. The third-order valence-electron chi connectivity index (χ3n) is 2.82. The zero-order valence-corrected chi connectivity index (χ0v) is 11.8. The van der Waals surface area contributed by atoms with Crippen molar-refractivity contribution in [3.8, 4) is 0 Å². The van der Waals surface area contributed by atoms with E-state index in [0.717, 1.165) is 18.2 Å². The molecule has 21 heavy (non-hydrogen) atoms. The van der Waals surface area contributed by atoms with Crippen molar-refractivity contribution in [2.24, 2.45) is 5.73 Å². The number of nitrogens with two attached hydrogens (primary N) is 1. The van der Waals surface area contributed by atoms with E-state index in [9.17, 15) is 22.0 Å². The second kappa shape index (κ2) is 5.69. The number of rotatable bonds is 2. The van der Waals surface area contributed by atoms with Crippen molar-refractivity contribution in [2.75, 3.05) is 0 Å². The van der Waals surface area contributed by atoms with Gasteiger partial charge in [-0.05, 0) is 40.2 Å². The Kier molecular flexibility index (Phi) is 4.29. The summed E-state index contributed by atoms with van der Waals surface area (Å²) in [5.41, 5.74) is 4.21. The van der Waals surface area contributed by atoms with Gasteiger partial charge in [-0.15, -0.1) is 0 Å². The number of benzene rings is 1. The van der Waals surface area contributed by atoms with Gasteiger partial charge in [-0.2, -0.15) is 13.2 Å². The molecule has 1 unspecified atom stereocenters. The minimum atomic E-state index is -4.54. The lowest BCUT2D eigenvalue weighted by Gasteiger charge is -2.15. The second-order valence-electron chi connectivity index (χ2n) is 4.20. The topological polar surface area (TPSA) is 38.9 Å². The molecule has 112 valence electrons. The highest BCUT2D eigenvalue weighted by Gasteiger charge is 2.31. The summed E-state index contributed by atoms with van der Waals surface area (Å²) in [6.07, 6.45) is -3.97. The predicted octanol–water partition coefficient (Wildman–Crippen LogP) is 4.19. The van der Waals surface area contributed by atoms with E-state index in [1.807, 2.05) is 0 Å². The summed E-state index contributed by atoms with van der Waals surface area (Å²) in [4.78, 5) is 3.54. The van der Waals surface area contributed by atoms with Gasteiger partial charge in [-0.25, -0.2) is 8.78 Å². The monoisotopic (exact) mass is 366 g/mol. The van der Waals surface area contributed by atoms with E-state index in [1.165, 1.54) is 6.07 Å². The van der Waals surface area contributed by atoms with Gasteiger partial charge in [0.05, 0.1) is 21.8 Å². The Morgan fingerprint density at radius 2 is 1.76 bits per heavy atom. The Bertz CT molecular complexity index is 655. The van der Waals surface area contributed by atoms with Crippen LogP contribution in [0.3, 0.4) is 0 Å². The Balaban J connectivity index is 2.41. The zero-order chi connectivity index (χ0) is 15.8. The first-order chi connectivity index (χ1) is 9.71. The second-order valence-corrected chi connectivity index (χ2v) is 5.06. The van der Waals surface area contributed by atoms with Gasteiger partial charge in [0.15, 0.2) is 0 Å². The third kappa shape index (κ3) is 3.21. The number of halogens is 6. The van der Waals surface area contributed by atoms with Crippen molar-refractivity contribution < 1.29 is 22.0 Å². The number of hydrogen-bond acceptors (Lipinski definition) is 2. The van der Waals surface area contributed by atoms with Gasteiger partial charge in [0, 0.05) is 11.8 Å². The maximum absolute atomic E-state index is 13.9. The third-order valence-corrected chi connectivity index (χ3v) is 3.44. The summed E-state index contributed by atoms with van der Waals surface area (Å²) in [5.74, 6) is -1.81. The Morgan fingerprint density at radius 3 is 2.29 bits per heavy atom. The number of aromatic nitrogens is 1. The summed E-state index contributed by atoms with van der Waals surface area (Å²) in [6, 6.07) is 2.61. The molecule has 0 spiro atoms. The van der Waals surface area contributed by atoms with Gasteiger partial charge in [0.1, 0.15) is 11.6 Å². The Hall–Kier alpha value is -1.54. The van der Waals surface area contributed by atoms with Crippen LogP contribution in [-0.2, 0) is 6.18 Å². The lowest BCUT2D eigenvalue weighted by molar-refractivity contribution is -0.137. The van der Waals surface area contributed by atoms with Crippen molar-refractivity contribution in [1.29, 1.82) is 0 Å². The molecule has 1 aromatic carbocycles. The number of alkyl halides is 3. The van der Waals surface area contributed by atoms with E-state index >= 15 is 0 Å². The molecule has 1 atom stereocenters. The molecule has 1 aromatic heterocycles. The van der Waals surface area contributed by atoms with Crippen LogP contribution in [0.1, 0.15) is 22.9 Å². The first-order valence-electron chi connectivity index (χ1n) is 5.64. The van der Waals surface area contributed by atoms with Crippen LogP contribution in [0.2, 0.25) is 0 Å². The van der Waals surface area contributed by atoms with E-state index in [-0.39, 0.29) is 10.2 Å². The molecule has 0 fully saturated rings. The zero-order valence-electron chi connectivity index (χ0n) is 10.3. The summed E-state index contributed by atoms with van der Waals surface area (Å²) in [6.45, 7) is 0. The smallest absolute Gasteiger partial charge is 0.319 e.